The van der Waals surface area contributed by atoms with Gasteiger partial charge in [0.05, 0.1) is 18.2 Å². The number of rotatable bonds is 2. The molecule has 1 aromatic heterocycles. The van der Waals surface area contributed by atoms with Crippen LogP contribution in [-0.4, -0.2) is 42.0 Å². The van der Waals surface area contributed by atoms with Crippen molar-refractivity contribution in [2.75, 3.05) is 20.2 Å². The lowest BCUT2D eigenvalue weighted by Gasteiger charge is -2.38. The lowest BCUT2D eigenvalue weighted by Crippen LogP contribution is -2.45. The Morgan fingerprint density at radius 2 is 1.96 bits per heavy atom. The van der Waals surface area contributed by atoms with Gasteiger partial charge in [0.25, 0.3) is 5.91 Å². The van der Waals surface area contributed by atoms with Crippen LogP contribution in [-0.2, 0) is 10.3 Å². The van der Waals surface area contributed by atoms with Crippen LogP contribution in [0.1, 0.15) is 39.1 Å². The standard InChI is InChI=1S/C19H18N2O4/c1-24-16-7-6-13(12-20-16)17(22)21-10-8-19(9-11-21)15-5-3-2-4-14(15)18(23)25-19/h2-7,12H,8-11H2,1H3. The van der Waals surface area contributed by atoms with Crippen molar-refractivity contribution in [2.24, 2.45) is 0 Å². The molecule has 2 aromatic rings. The van der Waals surface area contributed by atoms with Crippen LogP contribution < -0.4 is 4.74 Å². The number of methoxy groups -OCH3 is 1. The minimum atomic E-state index is -0.595. The molecule has 0 radical (unpaired) electrons. The van der Waals surface area contributed by atoms with Crippen LogP contribution in [0, 0.1) is 0 Å². The monoisotopic (exact) mass is 338 g/mol. The number of nitrogens with zero attached hydrogens (tertiary/aromatic N) is 2. The van der Waals surface area contributed by atoms with E-state index in [4.69, 9.17) is 9.47 Å². The van der Waals surface area contributed by atoms with Crippen LogP contribution >= 0.6 is 0 Å². The number of likely N-dealkylation sites (tertiary alicyclic amines) is 1. The van der Waals surface area contributed by atoms with E-state index in [0.29, 0.717) is 42.9 Å². The lowest BCUT2D eigenvalue weighted by atomic mass is 9.83. The molecule has 6 heteroatoms. The third-order valence-electron chi connectivity index (χ3n) is 4.98. The third kappa shape index (κ3) is 2.54. The summed E-state index contributed by atoms with van der Waals surface area (Å²) in [6.07, 6.45) is 2.73. The maximum Gasteiger partial charge on any atom is 0.339 e. The predicted octanol–water partition coefficient (Wildman–Crippen LogP) is 2.39. The van der Waals surface area contributed by atoms with E-state index >= 15 is 0 Å². The van der Waals surface area contributed by atoms with E-state index in [1.165, 1.54) is 13.3 Å². The summed E-state index contributed by atoms with van der Waals surface area (Å²) >= 11 is 0. The number of amides is 1. The normalized spacial score (nSPS) is 18.0. The second-order valence-corrected chi connectivity index (χ2v) is 6.31. The first-order valence-corrected chi connectivity index (χ1v) is 8.25. The summed E-state index contributed by atoms with van der Waals surface area (Å²) in [4.78, 5) is 30.6. The van der Waals surface area contributed by atoms with Gasteiger partial charge in [-0.2, -0.15) is 0 Å². The predicted molar refractivity (Wildman–Crippen MR) is 89.5 cm³/mol. The fraction of sp³-hybridized carbons (Fsp3) is 0.316. The minimum Gasteiger partial charge on any atom is -0.481 e. The number of hydrogen-bond donors (Lipinski definition) is 0. The molecule has 3 heterocycles. The van der Waals surface area contributed by atoms with E-state index in [2.05, 4.69) is 4.98 Å². The zero-order chi connectivity index (χ0) is 17.4. The van der Waals surface area contributed by atoms with Gasteiger partial charge in [-0.15, -0.1) is 0 Å². The van der Waals surface area contributed by atoms with Crippen molar-refractivity contribution < 1.29 is 19.1 Å². The Labute approximate surface area is 145 Å². The van der Waals surface area contributed by atoms with E-state index in [1.54, 1.807) is 23.1 Å². The summed E-state index contributed by atoms with van der Waals surface area (Å²) in [5.41, 5.74) is 1.52. The molecule has 0 saturated carbocycles. The molecular weight excluding hydrogens is 320 g/mol. The molecule has 2 aliphatic heterocycles. The zero-order valence-electron chi connectivity index (χ0n) is 13.9. The average Bonchev–Trinajstić information content (AvgIpc) is 2.94. The quantitative estimate of drug-likeness (QED) is 0.787. The molecule has 1 aromatic carbocycles. The molecule has 2 aliphatic rings. The molecule has 25 heavy (non-hydrogen) atoms. The average molecular weight is 338 g/mol. The number of fused-ring (bicyclic) bond motifs is 2. The van der Waals surface area contributed by atoms with Crippen molar-refractivity contribution in [3.63, 3.8) is 0 Å². The number of pyridine rings is 1. The summed E-state index contributed by atoms with van der Waals surface area (Å²) in [5, 5.41) is 0. The Hall–Kier alpha value is -2.89. The molecule has 0 unspecified atom stereocenters. The number of esters is 1. The van der Waals surface area contributed by atoms with Crippen molar-refractivity contribution in [1.29, 1.82) is 0 Å². The van der Waals surface area contributed by atoms with E-state index in [0.717, 1.165) is 5.56 Å². The summed E-state index contributed by atoms with van der Waals surface area (Å²) in [6, 6.07) is 10.9. The van der Waals surface area contributed by atoms with E-state index in [1.807, 2.05) is 18.2 Å². The maximum atomic E-state index is 12.6. The molecule has 0 aliphatic carbocycles. The van der Waals surface area contributed by atoms with Crippen molar-refractivity contribution in [3.8, 4) is 5.88 Å². The summed E-state index contributed by atoms with van der Waals surface area (Å²) in [7, 11) is 1.54. The molecule has 1 fully saturated rings. The van der Waals surface area contributed by atoms with E-state index in [9.17, 15) is 9.59 Å². The second-order valence-electron chi connectivity index (χ2n) is 6.31. The van der Waals surface area contributed by atoms with Gasteiger partial charge in [-0.25, -0.2) is 9.78 Å². The molecule has 4 rings (SSSR count). The van der Waals surface area contributed by atoms with Crippen molar-refractivity contribution in [3.05, 3.63) is 59.3 Å². The van der Waals surface area contributed by atoms with Crippen molar-refractivity contribution in [2.45, 2.75) is 18.4 Å². The highest BCUT2D eigenvalue weighted by molar-refractivity contribution is 5.95. The maximum absolute atomic E-state index is 12.6. The molecule has 0 N–H and O–H groups in total. The lowest BCUT2D eigenvalue weighted by molar-refractivity contribution is -0.0389. The van der Waals surface area contributed by atoms with Crippen molar-refractivity contribution in [1.82, 2.24) is 9.88 Å². The summed E-state index contributed by atoms with van der Waals surface area (Å²) < 4.78 is 10.7. The van der Waals surface area contributed by atoms with E-state index < -0.39 is 5.60 Å². The third-order valence-corrected chi connectivity index (χ3v) is 4.98. The van der Waals surface area contributed by atoms with Gasteiger partial charge in [0.2, 0.25) is 5.88 Å². The van der Waals surface area contributed by atoms with Gasteiger partial charge in [0, 0.05) is 43.8 Å². The molecule has 1 saturated heterocycles. The number of ether oxygens (including phenoxy) is 2. The smallest absolute Gasteiger partial charge is 0.339 e. The fourth-order valence-corrected chi connectivity index (χ4v) is 3.60. The Morgan fingerprint density at radius 3 is 2.64 bits per heavy atom. The fourth-order valence-electron chi connectivity index (χ4n) is 3.60. The Morgan fingerprint density at radius 1 is 1.20 bits per heavy atom. The van der Waals surface area contributed by atoms with Crippen LogP contribution in [0.15, 0.2) is 42.6 Å². The number of piperidine rings is 1. The van der Waals surface area contributed by atoms with Gasteiger partial charge in [-0.3, -0.25) is 4.79 Å². The second kappa shape index (κ2) is 5.88. The number of carbonyl (C=O) groups excluding carboxylic acids is 2. The van der Waals surface area contributed by atoms with Gasteiger partial charge in [-0.1, -0.05) is 18.2 Å². The van der Waals surface area contributed by atoms with Gasteiger partial charge >= 0.3 is 5.97 Å². The zero-order valence-corrected chi connectivity index (χ0v) is 13.9. The van der Waals surface area contributed by atoms with Gasteiger partial charge in [0.15, 0.2) is 0 Å². The van der Waals surface area contributed by atoms with Crippen LogP contribution in [0.4, 0.5) is 0 Å². The van der Waals surface area contributed by atoms with E-state index in [-0.39, 0.29) is 11.9 Å². The first-order chi connectivity index (χ1) is 12.1. The Kier molecular flexibility index (Phi) is 3.67. The highest BCUT2D eigenvalue weighted by atomic mass is 16.6. The first-order valence-electron chi connectivity index (χ1n) is 8.25. The molecular formula is C19H18N2O4. The molecule has 0 bridgehead atoms. The topological polar surface area (TPSA) is 68.7 Å². The van der Waals surface area contributed by atoms with Gasteiger partial charge < -0.3 is 14.4 Å². The number of carbonyl (C=O) groups is 2. The Balaban J connectivity index is 1.50. The van der Waals surface area contributed by atoms with Crippen molar-refractivity contribution >= 4 is 11.9 Å². The summed E-state index contributed by atoms with van der Waals surface area (Å²) in [6.45, 7) is 1.07. The molecule has 1 amide bonds. The largest absolute Gasteiger partial charge is 0.481 e. The molecule has 1 spiro atoms. The summed E-state index contributed by atoms with van der Waals surface area (Å²) in [5.74, 6) is 0.140. The Bertz CT molecular complexity index is 824. The minimum absolute atomic E-state index is 0.0670. The van der Waals surface area contributed by atoms with Gasteiger partial charge in [-0.05, 0) is 12.1 Å². The van der Waals surface area contributed by atoms with Crippen LogP contribution in [0.3, 0.4) is 0 Å². The number of benzene rings is 1. The molecule has 0 atom stereocenters. The number of hydrogen-bond acceptors (Lipinski definition) is 5. The van der Waals surface area contributed by atoms with Crippen LogP contribution in [0.5, 0.6) is 5.88 Å². The van der Waals surface area contributed by atoms with Crippen LogP contribution in [0.2, 0.25) is 0 Å². The molecule has 6 nitrogen and oxygen atoms in total. The molecule has 128 valence electrons. The SMILES string of the molecule is COc1ccc(C(=O)N2CCC3(CC2)OC(=O)c2ccccc23)cn1. The highest BCUT2D eigenvalue weighted by Crippen LogP contribution is 2.44. The highest BCUT2D eigenvalue weighted by Gasteiger charge is 2.47. The first kappa shape index (κ1) is 15.6. The number of aromatic nitrogens is 1. The van der Waals surface area contributed by atoms with Crippen LogP contribution in [0.25, 0.3) is 0 Å². The van der Waals surface area contributed by atoms with Gasteiger partial charge in [0.1, 0.15) is 5.60 Å².